The smallest absolute Gasteiger partial charge is 0.220 e. The highest BCUT2D eigenvalue weighted by Gasteiger charge is 2.25. The second-order valence-electron chi connectivity index (χ2n) is 8.82. The summed E-state index contributed by atoms with van der Waals surface area (Å²) >= 11 is 0. The van der Waals surface area contributed by atoms with E-state index in [0.29, 0.717) is 13.0 Å². The van der Waals surface area contributed by atoms with Gasteiger partial charge in [0, 0.05) is 32.2 Å². The summed E-state index contributed by atoms with van der Waals surface area (Å²) in [4.78, 5) is 17.5. The lowest BCUT2D eigenvalue weighted by molar-refractivity contribution is -0.121. The number of fused-ring (bicyclic) bond motifs is 1. The van der Waals surface area contributed by atoms with Gasteiger partial charge in [-0.3, -0.25) is 9.69 Å². The van der Waals surface area contributed by atoms with Crippen LogP contribution in [0.15, 0.2) is 42.5 Å². The van der Waals surface area contributed by atoms with Gasteiger partial charge in [0.1, 0.15) is 5.75 Å². The molecule has 1 fully saturated rings. The number of amides is 1. The van der Waals surface area contributed by atoms with Crippen LogP contribution in [0.4, 0.5) is 5.69 Å². The van der Waals surface area contributed by atoms with E-state index in [2.05, 4.69) is 40.4 Å². The molecule has 2 heterocycles. The number of carbonyl (C=O) groups excluding carboxylic acids is 1. The Hall–Kier alpha value is -2.53. The number of nitrogens with one attached hydrogen (secondary N) is 1. The first-order valence-electron chi connectivity index (χ1n) is 11.6. The number of hydrogen-bond donors (Lipinski definition) is 1. The summed E-state index contributed by atoms with van der Waals surface area (Å²) in [7, 11) is 3.85. The molecule has 4 rings (SSSR count). The van der Waals surface area contributed by atoms with Crippen LogP contribution < -0.4 is 15.0 Å². The zero-order valence-electron chi connectivity index (χ0n) is 18.9. The van der Waals surface area contributed by atoms with Gasteiger partial charge in [-0.15, -0.1) is 0 Å². The van der Waals surface area contributed by atoms with E-state index < -0.39 is 0 Å². The molecule has 0 unspecified atom stereocenters. The molecular formula is C26H35N3O2. The predicted octanol–water partition coefficient (Wildman–Crippen LogP) is 3.96. The molecule has 31 heavy (non-hydrogen) atoms. The third-order valence-corrected chi connectivity index (χ3v) is 6.71. The molecule has 0 aliphatic carbocycles. The maximum absolute atomic E-state index is 12.6. The average Bonchev–Trinajstić information content (AvgIpc) is 3.33. The standard InChI is InChI=1S/C26H35N3O2/c1-28-15-5-6-21-18-22(10-13-24(21)28)25(29-16-3-4-17-29)19-27-26(30)14-9-20-7-11-23(31-2)12-8-20/h7-8,10-13,18,25H,3-6,9,14-17,19H2,1-2H3,(H,27,30)/t25-/m0/s1. The van der Waals surface area contributed by atoms with Crippen LogP contribution in [0, 0.1) is 0 Å². The summed E-state index contributed by atoms with van der Waals surface area (Å²) in [5, 5.41) is 3.22. The molecule has 1 atom stereocenters. The van der Waals surface area contributed by atoms with Gasteiger partial charge in [0.05, 0.1) is 13.2 Å². The highest BCUT2D eigenvalue weighted by Crippen LogP contribution is 2.31. The van der Waals surface area contributed by atoms with Gasteiger partial charge in [-0.2, -0.15) is 0 Å². The van der Waals surface area contributed by atoms with E-state index in [-0.39, 0.29) is 11.9 Å². The molecule has 2 aromatic rings. The maximum Gasteiger partial charge on any atom is 0.220 e. The SMILES string of the molecule is COc1ccc(CCC(=O)NC[C@@H](c2ccc3c(c2)CCCN3C)N2CCCC2)cc1. The van der Waals surface area contributed by atoms with Crippen LogP contribution in [-0.4, -0.2) is 51.1 Å². The van der Waals surface area contributed by atoms with E-state index in [1.165, 1.54) is 36.1 Å². The van der Waals surface area contributed by atoms with E-state index in [9.17, 15) is 4.79 Å². The van der Waals surface area contributed by atoms with Crippen molar-refractivity contribution < 1.29 is 9.53 Å². The van der Waals surface area contributed by atoms with Crippen molar-refractivity contribution >= 4 is 11.6 Å². The van der Waals surface area contributed by atoms with Gasteiger partial charge in [-0.1, -0.05) is 24.3 Å². The summed E-state index contributed by atoms with van der Waals surface area (Å²) < 4.78 is 5.20. The zero-order valence-corrected chi connectivity index (χ0v) is 18.9. The van der Waals surface area contributed by atoms with Crippen LogP contribution in [-0.2, 0) is 17.6 Å². The van der Waals surface area contributed by atoms with Gasteiger partial charge in [-0.25, -0.2) is 0 Å². The molecule has 2 aromatic carbocycles. The molecule has 0 spiro atoms. The van der Waals surface area contributed by atoms with Gasteiger partial charge in [0.2, 0.25) is 5.91 Å². The van der Waals surface area contributed by atoms with Gasteiger partial charge < -0.3 is 15.0 Å². The third-order valence-electron chi connectivity index (χ3n) is 6.71. The Labute approximate surface area is 186 Å². The van der Waals surface area contributed by atoms with Crippen molar-refractivity contribution in [3.63, 3.8) is 0 Å². The normalized spacial score (nSPS) is 17.3. The predicted molar refractivity (Wildman–Crippen MR) is 126 cm³/mol. The molecule has 0 aromatic heterocycles. The summed E-state index contributed by atoms with van der Waals surface area (Å²) in [6.45, 7) is 4.04. The lowest BCUT2D eigenvalue weighted by Gasteiger charge is -2.32. The lowest BCUT2D eigenvalue weighted by atomic mass is 9.96. The maximum atomic E-state index is 12.6. The van der Waals surface area contributed by atoms with E-state index in [4.69, 9.17) is 4.74 Å². The Morgan fingerprint density at radius 3 is 2.58 bits per heavy atom. The number of carbonyl (C=O) groups is 1. The van der Waals surface area contributed by atoms with Crippen molar-refractivity contribution in [1.82, 2.24) is 10.2 Å². The molecule has 0 bridgehead atoms. The second kappa shape index (κ2) is 10.2. The van der Waals surface area contributed by atoms with E-state index in [0.717, 1.165) is 43.8 Å². The van der Waals surface area contributed by atoms with Crippen molar-refractivity contribution in [2.45, 2.75) is 44.6 Å². The monoisotopic (exact) mass is 421 g/mol. The molecule has 1 saturated heterocycles. The number of likely N-dealkylation sites (tertiary alicyclic amines) is 1. The van der Waals surface area contributed by atoms with Crippen molar-refractivity contribution in [1.29, 1.82) is 0 Å². The highest BCUT2D eigenvalue weighted by atomic mass is 16.5. The average molecular weight is 422 g/mol. The van der Waals surface area contributed by atoms with Crippen LogP contribution >= 0.6 is 0 Å². The van der Waals surface area contributed by atoms with Crippen LogP contribution in [0.3, 0.4) is 0 Å². The zero-order chi connectivity index (χ0) is 21.6. The fraction of sp³-hybridized carbons (Fsp3) is 0.500. The summed E-state index contributed by atoms with van der Waals surface area (Å²) in [5.74, 6) is 0.968. The number of hydrogen-bond acceptors (Lipinski definition) is 4. The Morgan fingerprint density at radius 2 is 1.84 bits per heavy atom. The molecule has 1 N–H and O–H groups in total. The first-order valence-corrected chi connectivity index (χ1v) is 11.6. The first-order chi connectivity index (χ1) is 15.1. The highest BCUT2D eigenvalue weighted by molar-refractivity contribution is 5.76. The van der Waals surface area contributed by atoms with Gasteiger partial charge in [0.15, 0.2) is 0 Å². The molecule has 5 nitrogen and oxygen atoms in total. The number of aryl methyl sites for hydroxylation is 2. The Morgan fingerprint density at radius 1 is 1.06 bits per heavy atom. The molecule has 2 aliphatic rings. The van der Waals surface area contributed by atoms with E-state index in [1.807, 2.05) is 24.3 Å². The second-order valence-corrected chi connectivity index (χ2v) is 8.82. The molecular weight excluding hydrogens is 386 g/mol. The van der Waals surface area contributed by atoms with Crippen LogP contribution in [0.5, 0.6) is 5.75 Å². The van der Waals surface area contributed by atoms with Crippen LogP contribution in [0.1, 0.15) is 48.4 Å². The summed E-state index contributed by atoms with van der Waals surface area (Å²) in [5.41, 5.74) is 5.30. The third kappa shape index (κ3) is 5.40. The number of methoxy groups -OCH3 is 1. The number of nitrogens with zero attached hydrogens (tertiary/aromatic N) is 2. The molecule has 166 valence electrons. The van der Waals surface area contributed by atoms with Crippen molar-refractivity contribution in [2.75, 3.05) is 45.2 Å². The molecule has 0 radical (unpaired) electrons. The minimum absolute atomic E-state index is 0.123. The molecule has 1 amide bonds. The fourth-order valence-corrected chi connectivity index (χ4v) is 4.87. The van der Waals surface area contributed by atoms with Gasteiger partial charge >= 0.3 is 0 Å². The Kier molecular flexibility index (Phi) is 7.13. The fourth-order valence-electron chi connectivity index (χ4n) is 4.87. The van der Waals surface area contributed by atoms with Crippen molar-refractivity contribution in [3.8, 4) is 5.75 Å². The largest absolute Gasteiger partial charge is 0.497 e. The Balaban J connectivity index is 1.38. The van der Waals surface area contributed by atoms with Crippen molar-refractivity contribution in [2.24, 2.45) is 0 Å². The topological polar surface area (TPSA) is 44.8 Å². The van der Waals surface area contributed by atoms with Gasteiger partial charge in [0.25, 0.3) is 0 Å². The minimum Gasteiger partial charge on any atom is -0.497 e. The first kappa shape index (κ1) is 21.7. The quantitative estimate of drug-likeness (QED) is 0.701. The lowest BCUT2D eigenvalue weighted by Crippen LogP contribution is -2.37. The van der Waals surface area contributed by atoms with E-state index >= 15 is 0 Å². The summed E-state index contributed by atoms with van der Waals surface area (Å²) in [6.07, 6.45) is 6.10. The molecule has 2 aliphatic heterocycles. The number of rotatable bonds is 8. The van der Waals surface area contributed by atoms with Crippen molar-refractivity contribution in [3.05, 3.63) is 59.2 Å². The van der Waals surface area contributed by atoms with Crippen LogP contribution in [0.2, 0.25) is 0 Å². The van der Waals surface area contributed by atoms with E-state index in [1.54, 1.807) is 7.11 Å². The van der Waals surface area contributed by atoms with Crippen LogP contribution in [0.25, 0.3) is 0 Å². The minimum atomic E-state index is 0.123. The Bertz CT molecular complexity index is 875. The van der Waals surface area contributed by atoms with Gasteiger partial charge in [-0.05, 0) is 80.1 Å². The molecule has 0 saturated carbocycles. The number of anilines is 1. The summed E-state index contributed by atoms with van der Waals surface area (Å²) in [6, 6.07) is 15.1. The number of ether oxygens (including phenoxy) is 1. The number of benzene rings is 2. The molecule has 5 heteroatoms.